The number of aliphatic hydroxyl groups is 1. The molecule has 0 saturated heterocycles. The van der Waals surface area contributed by atoms with Crippen LogP contribution in [0.15, 0.2) is 10.7 Å². The number of aliphatic hydroxyl groups excluding tert-OH is 1. The maximum Gasteiger partial charge on any atom is 0.0617 e. The summed E-state index contributed by atoms with van der Waals surface area (Å²) >= 11 is 4.97. The number of aromatic nitrogens is 1. The van der Waals surface area contributed by atoms with Gasteiger partial charge in [-0.25, -0.2) is 0 Å². The molecule has 1 fully saturated rings. The molecule has 1 saturated carbocycles. The lowest BCUT2D eigenvalue weighted by Crippen LogP contribution is -2.21. The molecule has 1 aromatic heterocycles. The summed E-state index contributed by atoms with van der Waals surface area (Å²) < 4.78 is 5.17. The number of halogens is 1. The van der Waals surface area contributed by atoms with Gasteiger partial charge in [-0.2, -0.15) is 4.37 Å². The van der Waals surface area contributed by atoms with Crippen molar-refractivity contribution in [3.63, 3.8) is 0 Å². The smallest absolute Gasteiger partial charge is 0.0617 e. The first kappa shape index (κ1) is 9.62. The number of hydrogen-bond acceptors (Lipinski definition) is 3. The highest BCUT2D eigenvalue weighted by atomic mass is 79.9. The Hall–Kier alpha value is 0.0700. The second-order valence-corrected chi connectivity index (χ2v) is 5.18. The molecule has 1 aliphatic rings. The molecule has 2 unspecified atom stereocenters. The van der Waals surface area contributed by atoms with Crippen molar-refractivity contribution in [3.05, 3.63) is 15.5 Å². The van der Waals surface area contributed by atoms with Gasteiger partial charge in [0.2, 0.25) is 0 Å². The van der Waals surface area contributed by atoms with Crippen LogP contribution in [0, 0.1) is 0 Å². The van der Waals surface area contributed by atoms with E-state index in [1.165, 1.54) is 22.8 Å². The van der Waals surface area contributed by atoms with Crippen molar-refractivity contribution in [2.75, 3.05) is 0 Å². The average molecular weight is 262 g/mol. The standard InChI is InChI=1S/C9H12BrNOS/c10-7-5-11-13-9(7)6-3-1-2-4-8(6)12/h5-6,8,12H,1-4H2. The van der Waals surface area contributed by atoms with Crippen LogP contribution in [0.4, 0.5) is 0 Å². The largest absolute Gasteiger partial charge is 0.392 e. The first-order chi connectivity index (χ1) is 6.29. The van der Waals surface area contributed by atoms with E-state index in [2.05, 4.69) is 20.3 Å². The summed E-state index contributed by atoms with van der Waals surface area (Å²) in [5.74, 6) is 0.315. The minimum absolute atomic E-state index is 0.162. The van der Waals surface area contributed by atoms with Crippen molar-refractivity contribution in [1.29, 1.82) is 0 Å². The molecule has 0 amide bonds. The highest BCUT2D eigenvalue weighted by molar-refractivity contribution is 9.10. The van der Waals surface area contributed by atoms with Crippen LogP contribution in [0.1, 0.15) is 36.5 Å². The molecule has 13 heavy (non-hydrogen) atoms. The molecule has 1 N–H and O–H groups in total. The summed E-state index contributed by atoms with van der Waals surface area (Å²) in [5.41, 5.74) is 0. The van der Waals surface area contributed by atoms with E-state index < -0.39 is 0 Å². The third kappa shape index (κ3) is 1.95. The molecule has 1 aromatic rings. The van der Waals surface area contributed by atoms with Gasteiger partial charge < -0.3 is 5.11 Å². The molecule has 0 aromatic carbocycles. The maximum atomic E-state index is 9.82. The highest BCUT2D eigenvalue weighted by Gasteiger charge is 2.27. The van der Waals surface area contributed by atoms with Gasteiger partial charge in [0.15, 0.2) is 0 Å². The fourth-order valence-electron chi connectivity index (χ4n) is 1.90. The number of nitrogens with zero attached hydrogens (tertiary/aromatic N) is 1. The van der Waals surface area contributed by atoms with Crippen LogP contribution in [-0.2, 0) is 0 Å². The molecule has 2 nitrogen and oxygen atoms in total. The van der Waals surface area contributed by atoms with Gasteiger partial charge in [0, 0.05) is 10.8 Å². The van der Waals surface area contributed by atoms with Crippen LogP contribution in [0.25, 0.3) is 0 Å². The second kappa shape index (κ2) is 4.07. The molecule has 4 heteroatoms. The third-order valence-electron chi connectivity index (χ3n) is 2.62. The molecule has 0 radical (unpaired) electrons. The first-order valence-electron chi connectivity index (χ1n) is 4.57. The third-order valence-corrected chi connectivity index (χ3v) is 4.44. The summed E-state index contributed by atoms with van der Waals surface area (Å²) in [6.07, 6.45) is 6.09. The molecule has 1 aliphatic carbocycles. The maximum absolute atomic E-state index is 9.82. The highest BCUT2D eigenvalue weighted by Crippen LogP contribution is 2.38. The van der Waals surface area contributed by atoms with Gasteiger partial charge in [-0.1, -0.05) is 12.8 Å². The molecule has 2 atom stereocenters. The van der Waals surface area contributed by atoms with Crippen molar-refractivity contribution in [2.45, 2.75) is 37.7 Å². The SMILES string of the molecule is OC1CCCCC1c1sncc1Br. The molecule has 2 rings (SSSR count). The zero-order valence-corrected chi connectivity index (χ0v) is 9.64. The van der Waals surface area contributed by atoms with Gasteiger partial charge in [0.25, 0.3) is 0 Å². The van der Waals surface area contributed by atoms with E-state index in [4.69, 9.17) is 0 Å². The van der Waals surface area contributed by atoms with E-state index in [9.17, 15) is 5.11 Å². The average Bonchev–Trinajstić information content (AvgIpc) is 2.52. The summed E-state index contributed by atoms with van der Waals surface area (Å²) in [7, 11) is 0. The van der Waals surface area contributed by atoms with Gasteiger partial charge in [0.1, 0.15) is 0 Å². The minimum atomic E-state index is -0.162. The fourth-order valence-corrected chi connectivity index (χ4v) is 3.47. The fraction of sp³-hybridized carbons (Fsp3) is 0.667. The second-order valence-electron chi connectivity index (χ2n) is 3.50. The van der Waals surface area contributed by atoms with Crippen LogP contribution in [0.3, 0.4) is 0 Å². The topological polar surface area (TPSA) is 33.1 Å². The molecular formula is C9H12BrNOS. The first-order valence-corrected chi connectivity index (χ1v) is 6.14. The van der Waals surface area contributed by atoms with E-state index in [0.29, 0.717) is 5.92 Å². The predicted octanol–water partition coefficient (Wildman–Crippen LogP) is 2.92. The van der Waals surface area contributed by atoms with Crippen LogP contribution < -0.4 is 0 Å². The normalized spacial score (nSPS) is 29.1. The van der Waals surface area contributed by atoms with E-state index in [-0.39, 0.29) is 6.10 Å². The predicted molar refractivity (Wildman–Crippen MR) is 57.0 cm³/mol. The van der Waals surface area contributed by atoms with Gasteiger partial charge in [-0.05, 0) is 40.3 Å². The quantitative estimate of drug-likeness (QED) is 0.844. The van der Waals surface area contributed by atoms with Crippen LogP contribution >= 0.6 is 27.5 Å². The van der Waals surface area contributed by atoms with Crippen molar-refractivity contribution >= 4 is 27.5 Å². The Bertz CT molecular complexity index is 289. The van der Waals surface area contributed by atoms with E-state index in [1.54, 1.807) is 0 Å². The van der Waals surface area contributed by atoms with Gasteiger partial charge in [-0.3, -0.25) is 0 Å². The Morgan fingerprint density at radius 2 is 2.23 bits per heavy atom. The Labute approximate surface area is 90.3 Å². The van der Waals surface area contributed by atoms with E-state index >= 15 is 0 Å². The lowest BCUT2D eigenvalue weighted by Gasteiger charge is -2.26. The summed E-state index contributed by atoms with van der Waals surface area (Å²) in [6, 6.07) is 0. The van der Waals surface area contributed by atoms with Gasteiger partial charge in [0.05, 0.1) is 16.8 Å². The van der Waals surface area contributed by atoms with Crippen molar-refractivity contribution in [2.24, 2.45) is 0 Å². The Kier molecular flexibility index (Phi) is 3.01. The number of rotatable bonds is 1. The molecule has 0 spiro atoms. The number of hydrogen-bond donors (Lipinski definition) is 1. The van der Waals surface area contributed by atoms with E-state index in [1.807, 2.05) is 6.20 Å². The molecule has 0 bridgehead atoms. The van der Waals surface area contributed by atoms with Crippen LogP contribution in [0.5, 0.6) is 0 Å². The summed E-state index contributed by atoms with van der Waals surface area (Å²) in [4.78, 5) is 1.22. The molecular weight excluding hydrogens is 250 g/mol. The monoisotopic (exact) mass is 261 g/mol. The van der Waals surface area contributed by atoms with Gasteiger partial charge >= 0.3 is 0 Å². The van der Waals surface area contributed by atoms with Crippen LogP contribution in [0.2, 0.25) is 0 Å². The zero-order valence-electron chi connectivity index (χ0n) is 7.24. The Morgan fingerprint density at radius 3 is 2.85 bits per heavy atom. The van der Waals surface area contributed by atoms with Crippen molar-refractivity contribution in [1.82, 2.24) is 4.37 Å². The summed E-state index contributed by atoms with van der Waals surface area (Å²) in [5, 5.41) is 9.82. The van der Waals surface area contributed by atoms with Gasteiger partial charge in [-0.15, -0.1) is 0 Å². The molecule has 1 heterocycles. The zero-order chi connectivity index (χ0) is 9.26. The van der Waals surface area contributed by atoms with Crippen LogP contribution in [-0.4, -0.2) is 15.6 Å². The molecule has 0 aliphatic heterocycles. The van der Waals surface area contributed by atoms with Crippen molar-refractivity contribution in [3.8, 4) is 0 Å². The van der Waals surface area contributed by atoms with E-state index in [0.717, 1.165) is 23.7 Å². The summed E-state index contributed by atoms with van der Waals surface area (Å²) in [6.45, 7) is 0. The Morgan fingerprint density at radius 1 is 1.46 bits per heavy atom. The Balaban J connectivity index is 2.19. The minimum Gasteiger partial charge on any atom is -0.392 e. The molecule has 72 valence electrons. The lowest BCUT2D eigenvalue weighted by atomic mass is 9.86. The van der Waals surface area contributed by atoms with Crippen molar-refractivity contribution < 1.29 is 5.11 Å². The lowest BCUT2D eigenvalue weighted by molar-refractivity contribution is 0.107.